The minimum absolute atomic E-state index is 0.405. The lowest BCUT2D eigenvalue weighted by molar-refractivity contribution is 0.0767. The number of hydrogen-bond donors (Lipinski definition) is 0. The highest BCUT2D eigenvalue weighted by molar-refractivity contribution is 7.94. The Hall–Kier alpha value is -1.88. The normalized spacial score (nSPS) is 9.75. The Morgan fingerprint density at radius 3 is 2.44 bits per heavy atom. The number of aromatic nitrogens is 2. The third kappa shape index (κ3) is 2.80. The maximum atomic E-state index is 11.5. The molecule has 4 nitrogen and oxygen atoms in total. The van der Waals surface area contributed by atoms with Crippen molar-refractivity contribution in [1.82, 2.24) is 9.97 Å². The van der Waals surface area contributed by atoms with Crippen molar-refractivity contribution in [3.63, 3.8) is 0 Å². The predicted octanol–water partition coefficient (Wildman–Crippen LogP) is 2.34. The second-order valence-corrected chi connectivity index (χ2v) is 3.55. The summed E-state index contributed by atoms with van der Waals surface area (Å²) in [6.45, 7) is 0. The molecule has 0 saturated carbocycles. The minimum Gasteiger partial charge on any atom is -0.379 e. The van der Waals surface area contributed by atoms with Gasteiger partial charge in [0.1, 0.15) is 12.0 Å². The van der Waals surface area contributed by atoms with Gasteiger partial charge in [0, 0.05) is 12.4 Å². The molecule has 1 aromatic carbocycles. The zero-order valence-electron chi connectivity index (χ0n) is 8.24. The quantitative estimate of drug-likeness (QED) is 0.600. The van der Waals surface area contributed by atoms with Crippen LogP contribution < -0.4 is 0 Å². The third-order valence-electron chi connectivity index (χ3n) is 1.74. The van der Waals surface area contributed by atoms with Crippen molar-refractivity contribution >= 4 is 18.0 Å². The van der Waals surface area contributed by atoms with Gasteiger partial charge in [-0.3, -0.25) is 0 Å². The first-order chi connectivity index (χ1) is 7.86. The molecule has 0 saturated heterocycles. The Labute approximate surface area is 96.9 Å². The van der Waals surface area contributed by atoms with E-state index >= 15 is 0 Å². The second-order valence-electron chi connectivity index (χ2n) is 2.85. The molecule has 0 amide bonds. The van der Waals surface area contributed by atoms with Crippen molar-refractivity contribution in [3.8, 4) is 0 Å². The molecule has 5 heteroatoms. The molecule has 0 N–H and O–H groups in total. The van der Waals surface area contributed by atoms with Gasteiger partial charge in [-0.25, -0.2) is 14.8 Å². The summed E-state index contributed by atoms with van der Waals surface area (Å²) in [4.78, 5) is 19.4. The van der Waals surface area contributed by atoms with E-state index in [9.17, 15) is 4.79 Å². The van der Waals surface area contributed by atoms with Crippen LogP contribution in [0.5, 0.6) is 0 Å². The lowest BCUT2D eigenvalue weighted by Gasteiger charge is -2.00. The van der Waals surface area contributed by atoms with E-state index in [1.54, 1.807) is 42.7 Å². The summed E-state index contributed by atoms with van der Waals surface area (Å²) in [6, 6.07) is 10.5. The SMILES string of the molecule is O=C(OSc1ncccn1)c1ccccc1. The van der Waals surface area contributed by atoms with Crippen LogP contribution in [0.1, 0.15) is 10.4 Å². The van der Waals surface area contributed by atoms with Crippen LogP contribution in [0.4, 0.5) is 0 Å². The molecule has 0 spiro atoms. The first-order valence-corrected chi connectivity index (χ1v) is 5.31. The molecule has 0 aliphatic carbocycles. The van der Waals surface area contributed by atoms with Crippen LogP contribution in [0.3, 0.4) is 0 Å². The smallest absolute Gasteiger partial charge is 0.350 e. The molecule has 0 bridgehead atoms. The van der Waals surface area contributed by atoms with E-state index in [1.807, 2.05) is 6.07 Å². The van der Waals surface area contributed by atoms with E-state index in [2.05, 4.69) is 9.97 Å². The zero-order chi connectivity index (χ0) is 11.2. The highest BCUT2D eigenvalue weighted by Crippen LogP contribution is 2.15. The van der Waals surface area contributed by atoms with Gasteiger partial charge in [0.15, 0.2) is 0 Å². The Kier molecular flexibility index (Phi) is 3.50. The summed E-state index contributed by atoms with van der Waals surface area (Å²) >= 11 is 0.852. The van der Waals surface area contributed by atoms with Crippen LogP contribution in [0.25, 0.3) is 0 Å². The summed E-state index contributed by atoms with van der Waals surface area (Å²) in [5, 5.41) is 0.409. The van der Waals surface area contributed by atoms with Crippen LogP contribution in [0.15, 0.2) is 53.9 Å². The van der Waals surface area contributed by atoms with E-state index < -0.39 is 5.97 Å². The van der Waals surface area contributed by atoms with E-state index in [4.69, 9.17) is 4.18 Å². The molecular formula is C11H8N2O2S. The first-order valence-electron chi connectivity index (χ1n) is 4.57. The minimum atomic E-state index is -0.405. The van der Waals surface area contributed by atoms with E-state index in [0.29, 0.717) is 10.7 Å². The lowest BCUT2D eigenvalue weighted by Crippen LogP contribution is -1.99. The molecule has 0 unspecified atom stereocenters. The van der Waals surface area contributed by atoms with Crippen molar-refractivity contribution in [3.05, 3.63) is 54.4 Å². The fourth-order valence-electron chi connectivity index (χ4n) is 1.03. The standard InChI is InChI=1S/C11H8N2O2S/c14-10(9-5-2-1-3-6-9)15-16-11-12-7-4-8-13-11/h1-8H. The number of benzene rings is 1. The van der Waals surface area contributed by atoms with Crippen molar-refractivity contribution in [2.24, 2.45) is 0 Å². The topological polar surface area (TPSA) is 52.1 Å². The Bertz CT molecular complexity index is 462. The number of rotatable bonds is 3. The van der Waals surface area contributed by atoms with Crippen LogP contribution in [-0.4, -0.2) is 15.9 Å². The average Bonchev–Trinajstić information content (AvgIpc) is 2.38. The number of carbonyl (C=O) groups excluding carboxylic acids is 1. The van der Waals surface area contributed by atoms with Gasteiger partial charge in [0.2, 0.25) is 5.16 Å². The van der Waals surface area contributed by atoms with Crippen LogP contribution >= 0.6 is 12.0 Å². The molecular weight excluding hydrogens is 224 g/mol. The van der Waals surface area contributed by atoms with Gasteiger partial charge < -0.3 is 4.18 Å². The van der Waals surface area contributed by atoms with Crippen molar-refractivity contribution in [2.75, 3.05) is 0 Å². The molecule has 80 valence electrons. The molecule has 16 heavy (non-hydrogen) atoms. The molecule has 1 heterocycles. The number of nitrogens with zero attached hydrogens (tertiary/aromatic N) is 2. The van der Waals surface area contributed by atoms with Crippen LogP contribution in [-0.2, 0) is 4.18 Å². The van der Waals surface area contributed by atoms with Gasteiger partial charge >= 0.3 is 5.97 Å². The highest BCUT2D eigenvalue weighted by Gasteiger charge is 2.08. The zero-order valence-corrected chi connectivity index (χ0v) is 9.05. The van der Waals surface area contributed by atoms with E-state index in [1.165, 1.54) is 0 Å². The predicted molar refractivity (Wildman–Crippen MR) is 59.7 cm³/mol. The summed E-state index contributed by atoms with van der Waals surface area (Å²) in [5.41, 5.74) is 0.505. The van der Waals surface area contributed by atoms with E-state index in [0.717, 1.165) is 12.0 Å². The van der Waals surface area contributed by atoms with Crippen LogP contribution in [0.2, 0.25) is 0 Å². The maximum Gasteiger partial charge on any atom is 0.350 e. The second kappa shape index (κ2) is 5.27. The fraction of sp³-hybridized carbons (Fsp3) is 0. The Balaban J connectivity index is 1.95. The summed E-state index contributed by atoms with van der Waals surface area (Å²) in [7, 11) is 0. The highest BCUT2D eigenvalue weighted by atomic mass is 32.2. The van der Waals surface area contributed by atoms with Gasteiger partial charge in [0.25, 0.3) is 0 Å². The monoisotopic (exact) mass is 232 g/mol. The maximum absolute atomic E-state index is 11.5. The Morgan fingerprint density at radius 2 is 1.75 bits per heavy atom. The van der Waals surface area contributed by atoms with Crippen molar-refractivity contribution in [1.29, 1.82) is 0 Å². The van der Waals surface area contributed by atoms with Gasteiger partial charge in [-0.1, -0.05) is 18.2 Å². The first kappa shape index (κ1) is 10.6. The number of hydrogen-bond acceptors (Lipinski definition) is 5. The summed E-state index contributed by atoms with van der Waals surface area (Å²) in [5.74, 6) is -0.405. The van der Waals surface area contributed by atoms with E-state index in [-0.39, 0.29) is 0 Å². The average molecular weight is 232 g/mol. The fourth-order valence-corrected chi connectivity index (χ4v) is 1.48. The number of carbonyl (C=O) groups is 1. The molecule has 0 fully saturated rings. The lowest BCUT2D eigenvalue weighted by atomic mass is 10.2. The third-order valence-corrected chi connectivity index (χ3v) is 2.34. The van der Waals surface area contributed by atoms with Crippen molar-refractivity contribution in [2.45, 2.75) is 5.16 Å². The summed E-state index contributed by atoms with van der Waals surface area (Å²) < 4.78 is 4.97. The molecule has 0 aliphatic heterocycles. The van der Waals surface area contributed by atoms with Gasteiger partial charge in [0.05, 0.1) is 5.56 Å². The summed E-state index contributed by atoms with van der Waals surface area (Å²) in [6.07, 6.45) is 3.18. The molecule has 2 rings (SSSR count). The Morgan fingerprint density at radius 1 is 1.06 bits per heavy atom. The molecule has 0 atom stereocenters. The molecule has 0 radical (unpaired) electrons. The molecule has 1 aromatic heterocycles. The van der Waals surface area contributed by atoms with Crippen molar-refractivity contribution < 1.29 is 8.98 Å². The van der Waals surface area contributed by atoms with Gasteiger partial charge in [-0.05, 0) is 18.2 Å². The van der Waals surface area contributed by atoms with Crippen LogP contribution in [0, 0.1) is 0 Å². The van der Waals surface area contributed by atoms with Gasteiger partial charge in [-0.2, -0.15) is 0 Å². The molecule has 2 aromatic rings. The molecule has 0 aliphatic rings. The van der Waals surface area contributed by atoms with Gasteiger partial charge in [-0.15, -0.1) is 0 Å². The largest absolute Gasteiger partial charge is 0.379 e.